The maximum absolute atomic E-state index is 11.2. The average molecular weight is 951 g/mol. The molecule has 0 aromatic rings. The van der Waals surface area contributed by atoms with Gasteiger partial charge in [0.1, 0.15) is 0 Å². The molecule has 7 heteroatoms. The van der Waals surface area contributed by atoms with Crippen LogP contribution in [0.25, 0.3) is 0 Å². The Morgan fingerprint density at radius 1 is 0.294 bits per heavy atom. The van der Waals surface area contributed by atoms with Crippen molar-refractivity contribution in [2.45, 2.75) is 232 Å². The van der Waals surface area contributed by atoms with Crippen molar-refractivity contribution in [1.29, 1.82) is 0 Å². The number of likely N-dealkylation sites (N-methyl/N-ethyl adjacent to an activating group) is 1. The first-order chi connectivity index (χ1) is 33.2. The monoisotopic (exact) mass is 950 g/mol. The number of rotatable bonds is 50. The number of unbranched alkanes of at least 4 members (excludes halogenated alkanes) is 12. The second kappa shape index (κ2) is 52.5. The van der Waals surface area contributed by atoms with Crippen molar-refractivity contribution in [3.63, 3.8) is 0 Å². The fraction of sp³-hybridized carbons (Fsp3) is 0.738. The zero-order valence-electron chi connectivity index (χ0n) is 45.1. The van der Waals surface area contributed by atoms with E-state index >= 15 is 0 Å². The fourth-order valence-electron chi connectivity index (χ4n) is 8.07. The minimum Gasteiger partial charge on any atom is -0.392 e. The van der Waals surface area contributed by atoms with Gasteiger partial charge in [-0.3, -0.25) is 9.80 Å². The predicted octanol–water partition coefficient (Wildman–Crippen LogP) is 14.4. The van der Waals surface area contributed by atoms with Gasteiger partial charge in [-0.15, -0.1) is 0 Å². The van der Waals surface area contributed by atoms with Crippen molar-refractivity contribution in [3.8, 4) is 0 Å². The highest BCUT2D eigenvalue weighted by atomic mass is 16.3. The summed E-state index contributed by atoms with van der Waals surface area (Å²) in [6.45, 7) is 14.3. The van der Waals surface area contributed by atoms with Crippen LogP contribution in [0, 0.1) is 0 Å². The van der Waals surface area contributed by atoms with Crippen LogP contribution in [0.15, 0.2) is 97.2 Å². The third-order valence-corrected chi connectivity index (χ3v) is 12.3. The van der Waals surface area contributed by atoms with Gasteiger partial charge in [0.2, 0.25) is 0 Å². The lowest BCUT2D eigenvalue weighted by Crippen LogP contribution is -2.44. The number of nitrogens with zero attached hydrogens (tertiary/aromatic N) is 3. The highest BCUT2D eigenvalue weighted by Crippen LogP contribution is 2.13. The molecule has 7 nitrogen and oxygen atoms in total. The molecular formula is C61H111N3O4. The SMILES string of the molecule is CCC/C=C\C/C=C\CCCCC(O)CN(CCN(C)CCN(CC(O)CCCC/C=C\C/C=C\CCC)CC(O)CCCC/C=C\C/C=C\CCC)CC(O)CCCC/C=C\C/C=C\CCC. The topological polar surface area (TPSA) is 90.6 Å². The second-order valence-electron chi connectivity index (χ2n) is 19.4. The summed E-state index contributed by atoms with van der Waals surface area (Å²) in [5.74, 6) is 0. The first-order valence-corrected chi connectivity index (χ1v) is 28.3. The summed E-state index contributed by atoms with van der Waals surface area (Å²) < 4.78 is 0. The van der Waals surface area contributed by atoms with Crippen molar-refractivity contribution >= 4 is 0 Å². The molecule has 0 aliphatic heterocycles. The summed E-state index contributed by atoms with van der Waals surface area (Å²) in [4.78, 5) is 6.89. The molecule has 0 saturated heterocycles. The second-order valence-corrected chi connectivity index (χ2v) is 19.4. The van der Waals surface area contributed by atoms with E-state index in [0.29, 0.717) is 26.2 Å². The molecule has 0 aliphatic rings. The van der Waals surface area contributed by atoms with E-state index < -0.39 is 24.4 Å². The molecule has 4 N–H and O–H groups in total. The van der Waals surface area contributed by atoms with Crippen LogP contribution in [0.2, 0.25) is 0 Å². The van der Waals surface area contributed by atoms with E-state index in [0.717, 1.165) is 180 Å². The Labute approximate surface area is 422 Å². The van der Waals surface area contributed by atoms with E-state index in [-0.39, 0.29) is 0 Å². The molecule has 0 saturated carbocycles. The van der Waals surface area contributed by atoms with Gasteiger partial charge in [0, 0.05) is 52.4 Å². The molecule has 0 bridgehead atoms. The van der Waals surface area contributed by atoms with Gasteiger partial charge in [0.15, 0.2) is 0 Å². The normalized spacial score (nSPS) is 14.9. The van der Waals surface area contributed by atoms with E-state index in [4.69, 9.17) is 0 Å². The third kappa shape index (κ3) is 48.7. The van der Waals surface area contributed by atoms with Gasteiger partial charge < -0.3 is 25.3 Å². The summed E-state index contributed by atoms with van der Waals surface area (Å²) in [5.41, 5.74) is 0. The molecule has 0 aromatic heterocycles. The highest BCUT2D eigenvalue weighted by Gasteiger charge is 2.19. The molecule has 4 atom stereocenters. The van der Waals surface area contributed by atoms with Gasteiger partial charge in [0.25, 0.3) is 0 Å². The highest BCUT2D eigenvalue weighted by molar-refractivity contribution is 4.95. The Hall–Kier alpha value is -2.36. The van der Waals surface area contributed by atoms with Gasteiger partial charge in [-0.05, 0) is 135 Å². The van der Waals surface area contributed by atoms with E-state index in [1.807, 2.05) is 0 Å². The molecule has 394 valence electrons. The number of allylic oxidation sites excluding steroid dienone is 16. The smallest absolute Gasteiger partial charge is 0.0667 e. The molecule has 0 radical (unpaired) electrons. The van der Waals surface area contributed by atoms with Crippen molar-refractivity contribution < 1.29 is 20.4 Å². The predicted molar refractivity (Wildman–Crippen MR) is 299 cm³/mol. The lowest BCUT2D eigenvalue weighted by Gasteiger charge is -2.31. The number of hydrogen-bond acceptors (Lipinski definition) is 7. The van der Waals surface area contributed by atoms with Crippen LogP contribution < -0.4 is 0 Å². The van der Waals surface area contributed by atoms with E-state index in [9.17, 15) is 20.4 Å². The van der Waals surface area contributed by atoms with Crippen LogP contribution in [-0.4, -0.2) is 119 Å². The lowest BCUT2D eigenvalue weighted by molar-refractivity contribution is 0.0494. The van der Waals surface area contributed by atoms with Crippen LogP contribution in [0.3, 0.4) is 0 Å². The van der Waals surface area contributed by atoms with E-state index in [1.54, 1.807) is 0 Å². The first kappa shape index (κ1) is 65.6. The molecule has 0 amide bonds. The Morgan fingerprint density at radius 3 is 0.735 bits per heavy atom. The number of aliphatic hydroxyl groups excluding tert-OH is 4. The van der Waals surface area contributed by atoms with Gasteiger partial charge in [-0.1, -0.05) is 176 Å². The molecular weight excluding hydrogens is 839 g/mol. The van der Waals surface area contributed by atoms with Crippen LogP contribution in [0.1, 0.15) is 207 Å². The van der Waals surface area contributed by atoms with Gasteiger partial charge >= 0.3 is 0 Å². The first-order valence-electron chi connectivity index (χ1n) is 28.3. The summed E-state index contributed by atoms with van der Waals surface area (Å²) in [5, 5.41) is 44.8. The lowest BCUT2D eigenvalue weighted by atomic mass is 10.1. The standard InChI is InChI=1S/C61H111N3O4/c1-6-10-14-18-22-26-30-34-38-42-46-58(65)54-63(55-59(66)47-43-39-35-31-27-23-19-15-11-7-2)52-50-62(5)51-53-64(56-60(67)48-44-40-36-32-28-24-20-16-12-8-3)57-61(68)49-45-41-37-33-29-25-21-17-13-9-4/h14-21,26-33,58-61,65-68H,6-13,22-25,34-57H2,1-5H3/b18-14-,19-15-,20-16-,21-17-,30-26-,31-27-,32-28-,33-29-. The Balaban J connectivity index is 5.36. The zero-order valence-corrected chi connectivity index (χ0v) is 45.1. The van der Waals surface area contributed by atoms with Crippen LogP contribution in [-0.2, 0) is 0 Å². The van der Waals surface area contributed by atoms with Gasteiger partial charge in [0.05, 0.1) is 24.4 Å². The number of hydrogen-bond donors (Lipinski definition) is 4. The summed E-state index contributed by atoms with van der Waals surface area (Å²) >= 11 is 0. The number of aliphatic hydroxyl groups is 4. The minimum absolute atomic E-state index is 0.420. The Morgan fingerprint density at radius 2 is 0.515 bits per heavy atom. The molecule has 0 heterocycles. The van der Waals surface area contributed by atoms with Gasteiger partial charge in [-0.2, -0.15) is 0 Å². The van der Waals surface area contributed by atoms with E-state index in [2.05, 4.69) is 147 Å². The Kier molecular flexibility index (Phi) is 50.6. The molecule has 68 heavy (non-hydrogen) atoms. The minimum atomic E-state index is -0.420. The molecule has 4 unspecified atom stereocenters. The summed E-state index contributed by atoms with van der Waals surface area (Å²) in [6.07, 6.45) is 63.3. The fourth-order valence-corrected chi connectivity index (χ4v) is 8.07. The molecule has 0 spiro atoms. The Bertz CT molecular complexity index is 1100. The van der Waals surface area contributed by atoms with Crippen LogP contribution in [0.4, 0.5) is 0 Å². The summed E-state index contributed by atoms with van der Waals surface area (Å²) in [7, 11) is 2.15. The molecule has 0 aromatic carbocycles. The molecule has 0 aliphatic carbocycles. The largest absolute Gasteiger partial charge is 0.392 e. The van der Waals surface area contributed by atoms with Crippen molar-refractivity contribution in [2.24, 2.45) is 0 Å². The van der Waals surface area contributed by atoms with Crippen LogP contribution >= 0.6 is 0 Å². The van der Waals surface area contributed by atoms with Gasteiger partial charge in [-0.25, -0.2) is 0 Å². The maximum Gasteiger partial charge on any atom is 0.0667 e. The molecule has 0 fully saturated rings. The quantitative estimate of drug-likeness (QED) is 0.0357. The average Bonchev–Trinajstić information content (AvgIpc) is 3.32. The van der Waals surface area contributed by atoms with Crippen molar-refractivity contribution in [3.05, 3.63) is 97.2 Å². The summed E-state index contributed by atoms with van der Waals surface area (Å²) in [6, 6.07) is 0. The van der Waals surface area contributed by atoms with E-state index in [1.165, 1.54) is 25.7 Å². The molecule has 0 rings (SSSR count). The van der Waals surface area contributed by atoms with Crippen molar-refractivity contribution in [1.82, 2.24) is 14.7 Å². The zero-order chi connectivity index (χ0) is 49.8. The van der Waals surface area contributed by atoms with Crippen LogP contribution in [0.5, 0.6) is 0 Å². The third-order valence-electron chi connectivity index (χ3n) is 12.3. The van der Waals surface area contributed by atoms with Crippen molar-refractivity contribution in [2.75, 3.05) is 59.4 Å². The maximum atomic E-state index is 11.2.